The van der Waals surface area contributed by atoms with E-state index in [1.165, 1.54) is 25.6 Å². The molecule has 31 heavy (non-hydrogen) atoms. The van der Waals surface area contributed by atoms with Crippen molar-refractivity contribution < 1.29 is 23.8 Å². The Morgan fingerprint density at radius 1 is 0.968 bits per heavy atom. The average Bonchev–Trinajstić information content (AvgIpc) is 3.12. The molecule has 0 spiro atoms. The predicted molar refractivity (Wildman–Crippen MR) is 119 cm³/mol. The van der Waals surface area contributed by atoms with Crippen LogP contribution in [0.4, 0.5) is 0 Å². The molecule has 4 rings (SSSR count). The molecular weight excluding hydrogens is 416 g/mol. The summed E-state index contributed by atoms with van der Waals surface area (Å²) in [5.74, 6) is 0.223. The van der Waals surface area contributed by atoms with Gasteiger partial charge in [0.05, 0.1) is 31.5 Å². The second-order valence-electron chi connectivity index (χ2n) is 6.67. The van der Waals surface area contributed by atoms with Gasteiger partial charge >= 0.3 is 5.97 Å². The van der Waals surface area contributed by atoms with Crippen molar-refractivity contribution in [2.24, 2.45) is 4.99 Å². The van der Waals surface area contributed by atoms with Gasteiger partial charge in [0, 0.05) is 17.7 Å². The van der Waals surface area contributed by atoms with Crippen LogP contribution in [0.5, 0.6) is 11.5 Å². The van der Waals surface area contributed by atoms with Gasteiger partial charge in [0.15, 0.2) is 16.3 Å². The molecular formula is C23H20N2O5S. The van der Waals surface area contributed by atoms with Crippen LogP contribution >= 0.6 is 11.3 Å². The second-order valence-corrected chi connectivity index (χ2v) is 7.67. The fourth-order valence-electron chi connectivity index (χ4n) is 3.39. The molecule has 0 fully saturated rings. The standard InChI is InChI=1S/C23H20N2O5S/c1-28-18-11-17-20(12-19(18)29-2)31-23(25(17)13-21(26)30-3)24-22(27)16-10-6-8-14-7-4-5-9-15(14)16/h4-12H,13H2,1-3H3. The maximum atomic E-state index is 13.1. The van der Waals surface area contributed by atoms with Gasteiger partial charge in [0.2, 0.25) is 0 Å². The third-order valence-electron chi connectivity index (χ3n) is 4.92. The summed E-state index contributed by atoms with van der Waals surface area (Å²) in [4.78, 5) is 29.9. The minimum atomic E-state index is -0.450. The Balaban J connectivity index is 1.92. The van der Waals surface area contributed by atoms with Crippen LogP contribution < -0.4 is 14.3 Å². The van der Waals surface area contributed by atoms with Crippen LogP contribution in [0.15, 0.2) is 59.6 Å². The fraction of sp³-hybridized carbons (Fsp3) is 0.174. The third-order valence-corrected chi connectivity index (χ3v) is 5.96. The SMILES string of the molecule is COC(=O)Cn1c(=NC(=O)c2cccc3ccccc23)sc2cc(OC)c(OC)cc21. The van der Waals surface area contributed by atoms with Gasteiger partial charge in [-0.05, 0) is 16.8 Å². The molecule has 0 atom stereocenters. The Morgan fingerprint density at radius 2 is 1.68 bits per heavy atom. The summed E-state index contributed by atoms with van der Waals surface area (Å²) in [5.41, 5.74) is 1.19. The van der Waals surface area contributed by atoms with Crippen molar-refractivity contribution in [2.75, 3.05) is 21.3 Å². The van der Waals surface area contributed by atoms with Crippen molar-refractivity contribution in [3.63, 3.8) is 0 Å². The molecule has 3 aromatic carbocycles. The molecule has 7 nitrogen and oxygen atoms in total. The van der Waals surface area contributed by atoms with E-state index in [1.54, 1.807) is 29.9 Å². The van der Waals surface area contributed by atoms with E-state index in [9.17, 15) is 9.59 Å². The van der Waals surface area contributed by atoms with E-state index in [0.29, 0.717) is 27.4 Å². The van der Waals surface area contributed by atoms with Crippen molar-refractivity contribution in [2.45, 2.75) is 6.54 Å². The summed E-state index contributed by atoms with van der Waals surface area (Å²) in [6.07, 6.45) is 0. The Labute approximate surface area is 182 Å². The minimum absolute atomic E-state index is 0.0896. The van der Waals surface area contributed by atoms with Crippen molar-refractivity contribution in [3.8, 4) is 11.5 Å². The highest BCUT2D eigenvalue weighted by Gasteiger charge is 2.16. The van der Waals surface area contributed by atoms with E-state index in [0.717, 1.165) is 15.5 Å². The van der Waals surface area contributed by atoms with Crippen LogP contribution in [0.1, 0.15) is 10.4 Å². The molecule has 0 saturated heterocycles. The number of ether oxygens (including phenoxy) is 3. The molecule has 0 unspecified atom stereocenters. The maximum absolute atomic E-state index is 13.1. The zero-order valence-corrected chi connectivity index (χ0v) is 18.1. The van der Waals surface area contributed by atoms with Crippen LogP contribution in [0.3, 0.4) is 0 Å². The number of benzene rings is 3. The number of amides is 1. The van der Waals surface area contributed by atoms with Crippen LogP contribution in [0.25, 0.3) is 21.0 Å². The van der Waals surface area contributed by atoms with Crippen LogP contribution in [-0.4, -0.2) is 37.8 Å². The predicted octanol–water partition coefficient (Wildman–Crippen LogP) is 3.79. The molecule has 0 radical (unpaired) electrons. The lowest BCUT2D eigenvalue weighted by atomic mass is 10.0. The first-order valence-electron chi connectivity index (χ1n) is 9.44. The van der Waals surface area contributed by atoms with E-state index >= 15 is 0 Å². The maximum Gasteiger partial charge on any atom is 0.325 e. The van der Waals surface area contributed by atoms with E-state index < -0.39 is 5.97 Å². The highest BCUT2D eigenvalue weighted by Crippen LogP contribution is 2.33. The number of fused-ring (bicyclic) bond motifs is 2. The highest BCUT2D eigenvalue weighted by atomic mass is 32.1. The zero-order valence-electron chi connectivity index (χ0n) is 17.2. The van der Waals surface area contributed by atoms with Crippen molar-refractivity contribution >= 4 is 44.2 Å². The molecule has 0 saturated carbocycles. The Morgan fingerprint density at radius 3 is 2.42 bits per heavy atom. The quantitative estimate of drug-likeness (QED) is 0.445. The molecule has 0 N–H and O–H groups in total. The summed E-state index contributed by atoms with van der Waals surface area (Å²) >= 11 is 1.29. The highest BCUT2D eigenvalue weighted by molar-refractivity contribution is 7.16. The van der Waals surface area contributed by atoms with Crippen molar-refractivity contribution in [1.29, 1.82) is 0 Å². The topological polar surface area (TPSA) is 79.1 Å². The number of carbonyl (C=O) groups is 2. The summed E-state index contributed by atoms with van der Waals surface area (Å²) in [6, 6.07) is 16.7. The van der Waals surface area contributed by atoms with Gasteiger partial charge in [-0.1, -0.05) is 47.7 Å². The summed E-state index contributed by atoms with van der Waals surface area (Å²) in [5, 5.41) is 1.78. The molecule has 0 aliphatic rings. The summed E-state index contributed by atoms with van der Waals surface area (Å²) < 4.78 is 18.1. The van der Waals surface area contributed by atoms with Crippen LogP contribution in [0.2, 0.25) is 0 Å². The number of thiazole rings is 1. The van der Waals surface area contributed by atoms with Crippen LogP contribution in [0, 0.1) is 0 Å². The molecule has 1 aromatic heterocycles. The van der Waals surface area contributed by atoms with Crippen molar-refractivity contribution in [3.05, 3.63) is 65.0 Å². The van der Waals surface area contributed by atoms with Gasteiger partial charge in [-0.2, -0.15) is 4.99 Å². The van der Waals surface area contributed by atoms with E-state index in [4.69, 9.17) is 14.2 Å². The van der Waals surface area contributed by atoms with Gasteiger partial charge in [-0.3, -0.25) is 9.59 Å². The Hall–Kier alpha value is -3.65. The average molecular weight is 436 g/mol. The molecule has 8 heteroatoms. The molecule has 0 bridgehead atoms. The van der Waals surface area contributed by atoms with Gasteiger partial charge < -0.3 is 18.8 Å². The first-order valence-corrected chi connectivity index (χ1v) is 10.3. The summed E-state index contributed by atoms with van der Waals surface area (Å²) in [6.45, 7) is -0.0896. The van der Waals surface area contributed by atoms with E-state index in [1.807, 2.05) is 36.4 Å². The zero-order chi connectivity index (χ0) is 22.0. The first-order chi connectivity index (χ1) is 15.0. The molecule has 4 aromatic rings. The lowest BCUT2D eigenvalue weighted by Gasteiger charge is -2.09. The van der Waals surface area contributed by atoms with Gasteiger partial charge in [-0.25, -0.2) is 0 Å². The molecule has 1 amide bonds. The second kappa shape index (κ2) is 8.61. The number of aromatic nitrogens is 1. The number of nitrogens with zero attached hydrogens (tertiary/aromatic N) is 2. The van der Waals surface area contributed by atoms with E-state index in [2.05, 4.69) is 4.99 Å². The molecule has 0 aliphatic carbocycles. The number of rotatable bonds is 5. The molecule has 158 valence electrons. The molecule has 1 heterocycles. The van der Waals surface area contributed by atoms with Gasteiger partial charge in [-0.15, -0.1) is 0 Å². The van der Waals surface area contributed by atoms with Crippen LogP contribution in [-0.2, 0) is 16.1 Å². The lowest BCUT2D eigenvalue weighted by molar-refractivity contribution is -0.141. The summed E-state index contributed by atoms with van der Waals surface area (Å²) in [7, 11) is 4.41. The molecule has 0 aliphatic heterocycles. The monoisotopic (exact) mass is 436 g/mol. The third kappa shape index (κ3) is 3.89. The van der Waals surface area contributed by atoms with Gasteiger partial charge in [0.1, 0.15) is 6.54 Å². The number of esters is 1. The number of carbonyl (C=O) groups excluding carboxylic acids is 2. The smallest absolute Gasteiger partial charge is 0.325 e. The largest absolute Gasteiger partial charge is 0.493 e. The number of hydrogen-bond donors (Lipinski definition) is 0. The van der Waals surface area contributed by atoms with Gasteiger partial charge in [0.25, 0.3) is 5.91 Å². The fourth-order valence-corrected chi connectivity index (χ4v) is 4.43. The van der Waals surface area contributed by atoms with E-state index in [-0.39, 0.29) is 12.5 Å². The normalized spacial score (nSPS) is 11.6. The minimum Gasteiger partial charge on any atom is -0.493 e. The first kappa shape index (κ1) is 20.6. The number of hydrogen-bond acceptors (Lipinski definition) is 6. The lowest BCUT2D eigenvalue weighted by Crippen LogP contribution is -2.22. The Kier molecular flexibility index (Phi) is 5.73. The van der Waals surface area contributed by atoms with Crippen molar-refractivity contribution in [1.82, 2.24) is 4.57 Å². The number of methoxy groups -OCH3 is 3. The Bertz CT molecular complexity index is 1360.